The smallest absolute Gasteiger partial charge is 0.417 e. The van der Waals surface area contributed by atoms with Crippen molar-refractivity contribution < 1.29 is 44.6 Å². The summed E-state index contributed by atoms with van der Waals surface area (Å²) < 4.78 is 109. The SMILES string of the molecule is CCOc1cnc(OC)n2nc(NS(=O)(=O)c3c(OCC(F)F)cccc3C(F)(F)F)nc12. The van der Waals surface area contributed by atoms with Crippen molar-refractivity contribution >= 4 is 21.6 Å². The van der Waals surface area contributed by atoms with Crippen LogP contribution in [-0.4, -0.2) is 54.7 Å². The van der Waals surface area contributed by atoms with Crippen molar-refractivity contribution in [2.75, 3.05) is 25.0 Å². The van der Waals surface area contributed by atoms with Gasteiger partial charge in [0.1, 0.15) is 17.3 Å². The highest BCUT2D eigenvalue weighted by Crippen LogP contribution is 2.39. The molecule has 10 nitrogen and oxygen atoms in total. The number of alkyl halides is 5. The number of nitrogens with zero attached hydrogens (tertiary/aromatic N) is 4. The second-order valence-corrected chi connectivity index (χ2v) is 7.77. The van der Waals surface area contributed by atoms with Gasteiger partial charge in [-0.2, -0.15) is 27.7 Å². The van der Waals surface area contributed by atoms with Crippen LogP contribution in [0.4, 0.5) is 27.9 Å². The molecule has 0 radical (unpaired) electrons. The molecule has 0 saturated carbocycles. The highest BCUT2D eigenvalue weighted by molar-refractivity contribution is 7.92. The van der Waals surface area contributed by atoms with Gasteiger partial charge in [0.25, 0.3) is 22.4 Å². The summed E-state index contributed by atoms with van der Waals surface area (Å²) in [6.07, 6.45) is -6.96. The van der Waals surface area contributed by atoms with Crippen LogP contribution >= 0.6 is 0 Å². The zero-order valence-corrected chi connectivity index (χ0v) is 17.7. The molecular formula is C17H16F5N5O5S. The summed E-state index contributed by atoms with van der Waals surface area (Å²) in [7, 11) is -3.83. The third-order valence-electron chi connectivity index (χ3n) is 3.93. The number of anilines is 1. The number of nitrogens with one attached hydrogen (secondary N) is 1. The first kappa shape index (κ1) is 24.2. The predicted octanol–water partition coefficient (Wildman–Crippen LogP) is 3.00. The molecule has 3 rings (SSSR count). The Labute approximate surface area is 183 Å². The maximum Gasteiger partial charge on any atom is 0.417 e. The number of halogens is 5. The minimum atomic E-state index is -5.14. The molecule has 1 aromatic carbocycles. The van der Waals surface area contributed by atoms with Crippen molar-refractivity contribution in [3.05, 3.63) is 30.0 Å². The van der Waals surface area contributed by atoms with Crippen LogP contribution in [0.3, 0.4) is 0 Å². The van der Waals surface area contributed by atoms with E-state index in [2.05, 4.69) is 19.8 Å². The minimum absolute atomic E-state index is 0.0420. The molecule has 180 valence electrons. The summed E-state index contributed by atoms with van der Waals surface area (Å²) in [5.41, 5.74) is -1.67. The third-order valence-corrected chi connectivity index (χ3v) is 5.34. The Morgan fingerprint density at radius 3 is 2.52 bits per heavy atom. The van der Waals surface area contributed by atoms with E-state index in [9.17, 15) is 30.4 Å². The second-order valence-electron chi connectivity index (χ2n) is 6.15. The first-order valence-corrected chi connectivity index (χ1v) is 10.5. The molecule has 0 aliphatic heterocycles. The molecule has 0 unspecified atom stereocenters. The van der Waals surface area contributed by atoms with Crippen molar-refractivity contribution in [1.29, 1.82) is 0 Å². The van der Waals surface area contributed by atoms with Crippen LogP contribution < -0.4 is 18.9 Å². The number of rotatable bonds is 9. The molecule has 3 aromatic rings. The zero-order valence-electron chi connectivity index (χ0n) is 16.9. The van der Waals surface area contributed by atoms with E-state index in [0.717, 1.165) is 16.6 Å². The van der Waals surface area contributed by atoms with Gasteiger partial charge in [-0.1, -0.05) is 6.07 Å². The number of methoxy groups -OCH3 is 1. The standard InChI is InChI=1S/C17H16F5N5O5S/c1-3-31-11-7-23-16(30-2)27-14(11)24-15(25-27)26-33(28,29)13-9(17(20,21)22)5-4-6-10(13)32-8-12(18)19/h4-7,12H,3,8H2,1-2H3,(H,25,26). The van der Waals surface area contributed by atoms with Gasteiger partial charge < -0.3 is 14.2 Å². The number of benzene rings is 1. The predicted molar refractivity (Wildman–Crippen MR) is 102 cm³/mol. The van der Waals surface area contributed by atoms with Gasteiger partial charge in [0.05, 0.1) is 25.5 Å². The van der Waals surface area contributed by atoms with Gasteiger partial charge >= 0.3 is 12.2 Å². The van der Waals surface area contributed by atoms with Crippen LogP contribution in [0.15, 0.2) is 29.3 Å². The van der Waals surface area contributed by atoms with E-state index in [1.165, 1.54) is 13.3 Å². The number of fused-ring (bicyclic) bond motifs is 1. The molecule has 33 heavy (non-hydrogen) atoms. The monoisotopic (exact) mass is 497 g/mol. The fraction of sp³-hybridized carbons (Fsp3) is 0.353. The second kappa shape index (κ2) is 9.21. The van der Waals surface area contributed by atoms with E-state index < -0.39 is 51.4 Å². The van der Waals surface area contributed by atoms with Crippen molar-refractivity contribution in [1.82, 2.24) is 19.6 Å². The van der Waals surface area contributed by atoms with Gasteiger partial charge in [-0.3, -0.25) is 0 Å². The number of sulfonamides is 1. The Morgan fingerprint density at radius 2 is 1.91 bits per heavy atom. The van der Waals surface area contributed by atoms with Gasteiger partial charge in [-0.05, 0) is 19.1 Å². The molecule has 16 heteroatoms. The van der Waals surface area contributed by atoms with E-state index in [-0.39, 0.29) is 24.0 Å². The Balaban J connectivity index is 2.11. The van der Waals surface area contributed by atoms with E-state index in [1.807, 2.05) is 4.72 Å². The molecule has 0 amide bonds. The minimum Gasteiger partial charge on any atom is -0.488 e. The van der Waals surface area contributed by atoms with Crippen LogP contribution in [0.5, 0.6) is 17.5 Å². The lowest BCUT2D eigenvalue weighted by Gasteiger charge is -2.17. The number of aromatic nitrogens is 4. The maximum absolute atomic E-state index is 13.5. The molecule has 0 aliphatic rings. The third kappa shape index (κ3) is 5.15. The van der Waals surface area contributed by atoms with E-state index in [1.54, 1.807) is 6.92 Å². The summed E-state index contributed by atoms with van der Waals surface area (Å²) in [6.45, 7) is 0.536. The van der Waals surface area contributed by atoms with Crippen LogP contribution in [0.25, 0.3) is 5.65 Å². The molecule has 0 aliphatic carbocycles. The van der Waals surface area contributed by atoms with Crippen LogP contribution in [0.2, 0.25) is 0 Å². The Hall–Kier alpha value is -3.43. The summed E-state index contributed by atoms with van der Waals surface area (Å²) in [5.74, 6) is -1.48. The summed E-state index contributed by atoms with van der Waals surface area (Å²) >= 11 is 0. The average molecular weight is 497 g/mol. The molecule has 1 N–H and O–H groups in total. The normalized spacial score (nSPS) is 12.2. The van der Waals surface area contributed by atoms with Crippen molar-refractivity contribution in [2.24, 2.45) is 0 Å². The Bertz CT molecular complexity index is 1250. The number of hydrogen-bond donors (Lipinski definition) is 1. The number of hydrogen-bond acceptors (Lipinski definition) is 8. The topological polar surface area (TPSA) is 117 Å². The van der Waals surface area contributed by atoms with Crippen LogP contribution in [0, 0.1) is 0 Å². The fourth-order valence-corrected chi connectivity index (χ4v) is 4.02. The molecule has 0 fully saturated rings. The first-order valence-electron chi connectivity index (χ1n) is 9.04. The van der Waals surface area contributed by atoms with Gasteiger partial charge in [-0.25, -0.2) is 21.9 Å². The molecule has 2 heterocycles. The first-order chi connectivity index (χ1) is 15.5. The van der Waals surface area contributed by atoms with Crippen molar-refractivity contribution in [3.8, 4) is 17.5 Å². The van der Waals surface area contributed by atoms with Crippen molar-refractivity contribution in [2.45, 2.75) is 24.4 Å². The molecule has 2 aromatic heterocycles. The molecule has 0 bridgehead atoms. The Kier molecular flexibility index (Phi) is 6.76. The number of ether oxygens (including phenoxy) is 3. The lowest BCUT2D eigenvalue weighted by Crippen LogP contribution is -2.21. The van der Waals surface area contributed by atoms with Gasteiger partial charge in [0.15, 0.2) is 5.75 Å². The average Bonchev–Trinajstić information content (AvgIpc) is 3.15. The lowest BCUT2D eigenvalue weighted by molar-refractivity contribution is -0.140. The molecule has 0 spiro atoms. The van der Waals surface area contributed by atoms with Gasteiger partial charge in [-0.15, -0.1) is 5.10 Å². The van der Waals surface area contributed by atoms with Crippen LogP contribution in [-0.2, 0) is 16.2 Å². The maximum atomic E-state index is 13.5. The summed E-state index contributed by atoms with van der Waals surface area (Å²) in [5, 5.41) is 3.84. The fourth-order valence-electron chi connectivity index (χ4n) is 2.72. The molecule has 0 saturated heterocycles. The molecular weight excluding hydrogens is 481 g/mol. The summed E-state index contributed by atoms with van der Waals surface area (Å²) in [4.78, 5) is 6.43. The van der Waals surface area contributed by atoms with Crippen molar-refractivity contribution in [3.63, 3.8) is 0 Å². The zero-order chi connectivity index (χ0) is 24.4. The van der Waals surface area contributed by atoms with E-state index in [0.29, 0.717) is 6.07 Å². The van der Waals surface area contributed by atoms with Crippen LogP contribution in [0.1, 0.15) is 12.5 Å². The Morgan fingerprint density at radius 1 is 1.18 bits per heavy atom. The molecule has 0 atom stereocenters. The highest BCUT2D eigenvalue weighted by atomic mass is 32.2. The van der Waals surface area contributed by atoms with E-state index in [4.69, 9.17) is 9.47 Å². The van der Waals surface area contributed by atoms with Gasteiger partial charge in [0.2, 0.25) is 5.65 Å². The highest BCUT2D eigenvalue weighted by Gasteiger charge is 2.40. The van der Waals surface area contributed by atoms with Gasteiger partial charge in [0, 0.05) is 0 Å². The van der Waals surface area contributed by atoms with E-state index >= 15 is 0 Å². The summed E-state index contributed by atoms with van der Waals surface area (Å²) in [6, 6.07) is 2.00. The largest absolute Gasteiger partial charge is 0.488 e. The lowest BCUT2D eigenvalue weighted by atomic mass is 10.2. The quantitative estimate of drug-likeness (QED) is 0.449.